The van der Waals surface area contributed by atoms with E-state index in [-0.39, 0.29) is 15.7 Å². The first-order valence-electron chi connectivity index (χ1n) is 5.94. The van der Waals surface area contributed by atoms with E-state index in [9.17, 15) is 9.18 Å². The third-order valence-electron chi connectivity index (χ3n) is 2.82. The van der Waals surface area contributed by atoms with Crippen LogP contribution in [0.1, 0.15) is 23.0 Å². The number of nitrogens with zero attached hydrogens (tertiary/aromatic N) is 2. The van der Waals surface area contributed by atoms with Crippen molar-refractivity contribution >= 4 is 33.3 Å². The van der Waals surface area contributed by atoms with E-state index in [2.05, 4.69) is 26.3 Å². The molecule has 0 amide bonds. The highest BCUT2D eigenvalue weighted by Gasteiger charge is 2.17. The van der Waals surface area contributed by atoms with Crippen LogP contribution in [0.3, 0.4) is 0 Å². The fourth-order valence-corrected chi connectivity index (χ4v) is 2.37. The molecular weight excluding hydrogens is 329 g/mol. The van der Waals surface area contributed by atoms with Gasteiger partial charge in [-0.3, -0.25) is 4.68 Å². The van der Waals surface area contributed by atoms with Crippen molar-refractivity contribution in [3.05, 3.63) is 39.9 Å². The number of anilines is 2. The molecule has 0 atom stereocenters. The van der Waals surface area contributed by atoms with Gasteiger partial charge >= 0.3 is 5.97 Å². The van der Waals surface area contributed by atoms with Crippen molar-refractivity contribution in [1.82, 2.24) is 9.78 Å². The van der Waals surface area contributed by atoms with Gasteiger partial charge < -0.3 is 10.4 Å². The second-order valence-corrected chi connectivity index (χ2v) is 5.03. The van der Waals surface area contributed by atoms with Gasteiger partial charge in [-0.2, -0.15) is 5.10 Å². The maximum atomic E-state index is 14.2. The van der Waals surface area contributed by atoms with Gasteiger partial charge in [0.25, 0.3) is 0 Å². The molecule has 1 heterocycles. The molecule has 0 aliphatic heterocycles. The molecule has 0 aliphatic carbocycles. The van der Waals surface area contributed by atoms with E-state index in [0.29, 0.717) is 12.1 Å². The lowest BCUT2D eigenvalue weighted by Crippen LogP contribution is -2.02. The molecule has 0 saturated heterocycles. The van der Waals surface area contributed by atoms with Crippen LogP contribution in [0.15, 0.2) is 22.8 Å². The molecule has 0 spiro atoms. The molecule has 0 radical (unpaired) electrons. The minimum absolute atomic E-state index is 0.0723. The number of carboxylic acids is 1. The SMILES string of the molecule is CCc1nn(C)cc1Nc1ccc(C(=O)O)c(Br)c1F. The first-order valence-corrected chi connectivity index (χ1v) is 6.74. The predicted octanol–water partition coefficient (Wildman–Crippen LogP) is 3.33. The largest absolute Gasteiger partial charge is 0.478 e. The molecule has 20 heavy (non-hydrogen) atoms. The van der Waals surface area contributed by atoms with Crippen LogP contribution in [0.4, 0.5) is 15.8 Å². The van der Waals surface area contributed by atoms with E-state index in [1.54, 1.807) is 17.9 Å². The number of carbonyl (C=O) groups is 1. The molecule has 1 aromatic heterocycles. The number of nitrogens with one attached hydrogen (secondary N) is 1. The molecule has 0 bridgehead atoms. The van der Waals surface area contributed by atoms with E-state index >= 15 is 0 Å². The summed E-state index contributed by atoms with van der Waals surface area (Å²) in [6, 6.07) is 2.75. The zero-order valence-corrected chi connectivity index (χ0v) is 12.5. The smallest absolute Gasteiger partial charge is 0.336 e. The van der Waals surface area contributed by atoms with Crippen LogP contribution in [-0.2, 0) is 13.5 Å². The monoisotopic (exact) mass is 341 g/mol. The normalized spacial score (nSPS) is 10.6. The topological polar surface area (TPSA) is 67.2 Å². The maximum absolute atomic E-state index is 14.2. The number of carboxylic acid groups (broad SMARTS) is 1. The Morgan fingerprint density at radius 1 is 1.50 bits per heavy atom. The van der Waals surface area contributed by atoms with Crippen molar-refractivity contribution in [2.45, 2.75) is 13.3 Å². The summed E-state index contributed by atoms with van der Waals surface area (Å²) in [6.07, 6.45) is 2.45. The van der Waals surface area contributed by atoms with E-state index in [4.69, 9.17) is 5.11 Å². The van der Waals surface area contributed by atoms with Gasteiger partial charge in [-0.25, -0.2) is 9.18 Å². The summed E-state index contributed by atoms with van der Waals surface area (Å²) in [6.45, 7) is 1.95. The molecular formula is C13H13BrFN3O2. The van der Waals surface area contributed by atoms with Crippen LogP contribution in [-0.4, -0.2) is 20.9 Å². The summed E-state index contributed by atoms with van der Waals surface area (Å²) < 4.78 is 15.7. The lowest BCUT2D eigenvalue weighted by molar-refractivity contribution is 0.0695. The maximum Gasteiger partial charge on any atom is 0.336 e. The third kappa shape index (κ3) is 2.67. The molecule has 0 fully saturated rings. The highest BCUT2D eigenvalue weighted by atomic mass is 79.9. The number of halogens is 2. The third-order valence-corrected chi connectivity index (χ3v) is 3.60. The lowest BCUT2D eigenvalue weighted by atomic mass is 10.2. The molecule has 2 aromatic rings. The Kier molecular flexibility index (Phi) is 4.08. The van der Waals surface area contributed by atoms with Gasteiger partial charge in [-0.1, -0.05) is 6.92 Å². The standard InChI is InChI=1S/C13H13BrFN3O2/c1-3-8-10(6-18(2)17-8)16-9-5-4-7(13(19)20)11(14)12(9)15/h4-6,16H,3H2,1-2H3,(H,19,20). The summed E-state index contributed by atoms with van der Waals surface area (Å²) in [5.74, 6) is -1.83. The summed E-state index contributed by atoms with van der Waals surface area (Å²) in [5, 5.41) is 16.1. The second kappa shape index (κ2) is 5.62. The fourth-order valence-electron chi connectivity index (χ4n) is 1.86. The zero-order chi connectivity index (χ0) is 14.9. The Morgan fingerprint density at radius 2 is 2.20 bits per heavy atom. The quantitative estimate of drug-likeness (QED) is 0.895. The average molecular weight is 342 g/mol. The molecule has 2 rings (SSSR count). The molecule has 106 valence electrons. The van der Waals surface area contributed by atoms with Gasteiger partial charge in [0.15, 0.2) is 5.82 Å². The highest BCUT2D eigenvalue weighted by Crippen LogP contribution is 2.30. The number of aryl methyl sites for hydroxylation is 2. The van der Waals surface area contributed by atoms with Gasteiger partial charge in [0.2, 0.25) is 0 Å². The Balaban J connectivity index is 2.39. The van der Waals surface area contributed by atoms with E-state index in [1.165, 1.54) is 12.1 Å². The molecule has 2 N–H and O–H groups in total. The molecule has 7 heteroatoms. The highest BCUT2D eigenvalue weighted by molar-refractivity contribution is 9.10. The van der Waals surface area contributed by atoms with Gasteiger partial charge in [-0.05, 0) is 34.5 Å². The van der Waals surface area contributed by atoms with Crippen LogP contribution in [0.2, 0.25) is 0 Å². The number of aromatic carboxylic acids is 1. The molecule has 5 nitrogen and oxygen atoms in total. The molecule has 0 saturated carbocycles. The number of hydrogen-bond acceptors (Lipinski definition) is 3. The van der Waals surface area contributed by atoms with E-state index in [0.717, 1.165) is 5.69 Å². The van der Waals surface area contributed by atoms with Crippen molar-refractivity contribution in [2.75, 3.05) is 5.32 Å². The average Bonchev–Trinajstić information content (AvgIpc) is 2.75. The van der Waals surface area contributed by atoms with Gasteiger partial charge in [0, 0.05) is 13.2 Å². The summed E-state index contributed by atoms with van der Waals surface area (Å²) in [4.78, 5) is 10.9. The Hall–Kier alpha value is -1.89. The minimum Gasteiger partial charge on any atom is -0.478 e. The van der Waals surface area contributed by atoms with Crippen molar-refractivity contribution in [2.24, 2.45) is 7.05 Å². The molecule has 0 aliphatic rings. The van der Waals surface area contributed by atoms with E-state index in [1.807, 2.05) is 6.92 Å². The zero-order valence-electron chi connectivity index (χ0n) is 10.9. The number of rotatable bonds is 4. The molecule has 1 aromatic carbocycles. The molecule has 0 unspecified atom stereocenters. The lowest BCUT2D eigenvalue weighted by Gasteiger charge is -2.09. The first-order chi connectivity index (χ1) is 9.43. The van der Waals surface area contributed by atoms with Gasteiger partial charge in [0.1, 0.15) is 0 Å². The number of hydrogen-bond donors (Lipinski definition) is 2. The summed E-state index contributed by atoms with van der Waals surface area (Å²) in [5.41, 5.74) is 1.59. The van der Waals surface area contributed by atoms with Gasteiger partial charge in [0.05, 0.1) is 27.1 Å². The Morgan fingerprint density at radius 3 is 2.80 bits per heavy atom. The summed E-state index contributed by atoms with van der Waals surface area (Å²) >= 11 is 2.97. The van der Waals surface area contributed by atoms with Crippen molar-refractivity contribution < 1.29 is 14.3 Å². The van der Waals surface area contributed by atoms with Crippen molar-refractivity contribution in [3.63, 3.8) is 0 Å². The van der Waals surface area contributed by atoms with E-state index < -0.39 is 11.8 Å². The van der Waals surface area contributed by atoms with Crippen molar-refractivity contribution in [1.29, 1.82) is 0 Å². The fraction of sp³-hybridized carbons (Fsp3) is 0.231. The van der Waals surface area contributed by atoms with Crippen LogP contribution in [0.5, 0.6) is 0 Å². The second-order valence-electron chi connectivity index (χ2n) is 4.24. The van der Waals surface area contributed by atoms with Crippen molar-refractivity contribution in [3.8, 4) is 0 Å². The van der Waals surface area contributed by atoms with Crippen LogP contribution >= 0.6 is 15.9 Å². The van der Waals surface area contributed by atoms with Crippen LogP contribution in [0, 0.1) is 5.82 Å². The summed E-state index contributed by atoms with van der Waals surface area (Å²) in [7, 11) is 1.78. The number of aromatic nitrogens is 2. The minimum atomic E-state index is -1.18. The first kappa shape index (κ1) is 14.5. The predicted molar refractivity (Wildman–Crippen MR) is 76.9 cm³/mol. The Bertz CT molecular complexity index is 670. The van der Waals surface area contributed by atoms with Crippen LogP contribution < -0.4 is 5.32 Å². The van der Waals surface area contributed by atoms with Crippen LogP contribution in [0.25, 0.3) is 0 Å². The Labute approximate surface area is 123 Å². The van der Waals surface area contributed by atoms with Gasteiger partial charge in [-0.15, -0.1) is 0 Å². The number of benzene rings is 1.